The van der Waals surface area contributed by atoms with Crippen LogP contribution in [-0.2, 0) is 0 Å². The Morgan fingerprint density at radius 3 is 2.67 bits per heavy atom. The van der Waals surface area contributed by atoms with Crippen LogP contribution in [0.4, 0.5) is 0 Å². The van der Waals surface area contributed by atoms with E-state index in [1.165, 1.54) is 5.57 Å². The lowest BCUT2D eigenvalue weighted by atomic mass is 10.3. The Kier molecular flexibility index (Phi) is 4.83. The van der Waals surface area contributed by atoms with Gasteiger partial charge in [0.2, 0.25) is 0 Å². The Balaban J connectivity index is 3.67. The minimum Gasteiger partial charge on any atom is -0.327 e. The topological polar surface area (TPSA) is 26.0 Å². The predicted octanol–water partition coefficient (Wildman–Crippen LogP) is 1.63. The van der Waals surface area contributed by atoms with Gasteiger partial charge in [0.15, 0.2) is 0 Å². The van der Waals surface area contributed by atoms with Crippen molar-refractivity contribution in [3.8, 4) is 0 Å². The van der Waals surface area contributed by atoms with Gasteiger partial charge in [0.1, 0.15) is 0 Å². The first-order valence-electron chi connectivity index (χ1n) is 2.96. The lowest BCUT2D eigenvalue weighted by Crippen LogP contribution is -1.98. The van der Waals surface area contributed by atoms with Crippen LogP contribution in [0.3, 0.4) is 0 Å². The highest BCUT2D eigenvalue weighted by atomic mass is 14.5. The van der Waals surface area contributed by atoms with Crippen molar-refractivity contribution in [2.24, 2.45) is 5.73 Å². The molecule has 0 aliphatic carbocycles. The van der Waals surface area contributed by atoms with Crippen LogP contribution in [0.15, 0.2) is 36.5 Å². The molecule has 0 fully saturated rings. The van der Waals surface area contributed by atoms with Gasteiger partial charge in [0, 0.05) is 6.54 Å². The first-order chi connectivity index (χ1) is 4.31. The van der Waals surface area contributed by atoms with Crippen molar-refractivity contribution in [1.82, 2.24) is 0 Å². The van der Waals surface area contributed by atoms with Crippen molar-refractivity contribution in [2.45, 2.75) is 6.92 Å². The zero-order valence-electron chi connectivity index (χ0n) is 5.80. The third kappa shape index (κ3) is 5.04. The van der Waals surface area contributed by atoms with Crippen molar-refractivity contribution in [1.29, 1.82) is 0 Å². The highest BCUT2D eigenvalue weighted by Crippen LogP contribution is 1.87. The molecule has 2 N–H and O–H groups in total. The molecule has 0 heterocycles. The Bertz CT molecular complexity index is 132. The van der Waals surface area contributed by atoms with Crippen LogP contribution in [0.5, 0.6) is 0 Å². The maximum absolute atomic E-state index is 5.33. The smallest absolute Gasteiger partial charge is 0.0137 e. The molecule has 0 radical (unpaired) electrons. The van der Waals surface area contributed by atoms with Gasteiger partial charge in [-0.05, 0) is 6.92 Å². The van der Waals surface area contributed by atoms with E-state index in [-0.39, 0.29) is 0 Å². The van der Waals surface area contributed by atoms with Gasteiger partial charge in [0.25, 0.3) is 0 Å². The second kappa shape index (κ2) is 5.32. The molecule has 0 aromatic carbocycles. The molecule has 0 unspecified atom stereocenters. The summed E-state index contributed by atoms with van der Waals surface area (Å²) in [6, 6.07) is 0. The van der Waals surface area contributed by atoms with Gasteiger partial charge in [-0.15, -0.1) is 0 Å². The van der Waals surface area contributed by atoms with E-state index in [1.54, 1.807) is 6.08 Å². The maximum atomic E-state index is 5.33. The van der Waals surface area contributed by atoms with Crippen molar-refractivity contribution < 1.29 is 0 Å². The fraction of sp³-hybridized carbons (Fsp3) is 0.250. The number of allylic oxidation sites excluding steroid dienone is 4. The quantitative estimate of drug-likeness (QED) is 0.567. The molecular weight excluding hydrogens is 110 g/mol. The van der Waals surface area contributed by atoms with Gasteiger partial charge in [-0.25, -0.2) is 0 Å². The van der Waals surface area contributed by atoms with Crippen LogP contribution in [0.2, 0.25) is 0 Å². The van der Waals surface area contributed by atoms with Crippen LogP contribution in [0, 0.1) is 0 Å². The first-order valence-corrected chi connectivity index (χ1v) is 2.96. The van der Waals surface area contributed by atoms with E-state index in [0.717, 1.165) is 0 Å². The molecule has 0 spiro atoms. The van der Waals surface area contributed by atoms with Gasteiger partial charge in [-0.1, -0.05) is 36.5 Å². The molecule has 0 aromatic heterocycles. The molecule has 0 saturated heterocycles. The Labute approximate surface area is 56.6 Å². The lowest BCUT2D eigenvalue weighted by molar-refractivity contribution is 1.14. The molecule has 1 nitrogen and oxygen atoms in total. The molecule has 0 bridgehead atoms. The number of nitrogens with two attached hydrogens (primary N) is 1. The summed E-state index contributed by atoms with van der Waals surface area (Å²) >= 11 is 0. The van der Waals surface area contributed by atoms with Gasteiger partial charge in [0.05, 0.1) is 0 Å². The van der Waals surface area contributed by atoms with E-state index in [4.69, 9.17) is 5.73 Å². The third-order valence-corrected chi connectivity index (χ3v) is 0.950. The first kappa shape index (κ1) is 8.18. The molecule has 0 amide bonds. The highest BCUT2D eigenvalue weighted by Gasteiger charge is 1.76. The SMILES string of the molecule is C=C/C=C\C=C(/C)CN. The van der Waals surface area contributed by atoms with Crippen LogP contribution < -0.4 is 5.73 Å². The largest absolute Gasteiger partial charge is 0.327 e. The molecule has 0 rings (SSSR count). The average Bonchev–Trinajstić information content (AvgIpc) is 1.89. The standard InChI is InChI=1S/C8H13N/c1-3-4-5-6-8(2)7-9/h3-6H,1,7,9H2,2H3/b5-4-,8-6+. The molecule has 0 saturated carbocycles. The molecule has 0 aliphatic heterocycles. The Morgan fingerprint density at radius 1 is 1.56 bits per heavy atom. The fourth-order valence-electron chi connectivity index (χ4n) is 0.366. The summed E-state index contributed by atoms with van der Waals surface area (Å²) in [4.78, 5) is 0. The van der Waals surface area contributed by atoms with Crippen LogP contribution >= 0.6 is 0 Å². The summed E-state index contributed by atoms with van der Waals surface area (Å²) in [5, 5.41) is 0. The molecule has 9 heavy (non-hydrogen) atoms. The Hall–Kier alpha value is -0.820. The molecular formula is C8H13N. The summed E-state index contributed by atoms with van der Waals surface area (Å²) in [7, 11) is 0. The molecule has 0 atom stereocenters. The predicted molar refractivity (Wildman–Crippen MR) is 42.1 cm³/mol. The average molecular weight is 123 g/mol. The summed E-state index contributed by atoms with van der Waals surface area (Å²) in [5.41, 5.74) is 6.50. The lowest BCUT2D eigenvalue weighted by Gasteiger charge is -1.87. The van der Waals surface area contributed by atoms with Crippen LogP contribution in [0.25, 0.3) is 0 Å². The van der Waals surface area contributed by atoms with E-state index in [0.29, 0.717) is 6.54 Å². The van der Waals surface area contributed by atoms with Crippen molar-refractivity contribution in [2.75, 3.05) is 6.54 Å². The molecule has 0 aliphatic rings. The summed E-state index contributed by atoms with van der Waals surface area (Å²) in [5.74, 6) is 0. The van der Waals surface area contributed by atoms with Gasteiger partial charge < -0.3 is 5.73 Å². The summed E-state index contributed by atoms with van der Waals surface area (Å²) < 4.78 is 0. The van der Waals surface area contributed by atoms with E-state index in [2.05, 4.69) is 6.58 Å². The van der Waals surface area contributed by atoms with E-state index < -0.39 is 0 Å². The number of rotatable bonds is 3. The van der Waals surface area contributed by atoms with Crippen molar-refractivity contribution in [3.63, 3.8) is 0 Å². The van der Waals surface area contributed by atoms with Gasteiger partial charge in [-0.2, -0.15) is 0 Å². The van der Waals surface area contributed by atoms with Gasteiger partial charge in [-0.3, -0.25) is 0 Å². The Morgan fingerprint density at radius 2 is 2.22 bits per heavy atom. The molecule has 50 valence electrons. The minimum absolute atomic E-state index is 0.626. The van der Waals surface area contributed by atoms with E-state index in [9.17, 15) is 0 Å². The number of hydrogen-bond acceptors (Lipinski definition) is 1. The summed E-state index contributed by atoms with van der Waals surface area (Å²) in [6.07, 6.45) is 7.51. The second-order valence-electron chi connectivity index (χ2n) is 1.84. The third-order valence-electron chi connectivity index (χ3n) is 0.950. The molecule has 0 aromatic rings. The van der Waals surface area contributed by atoms with Crippen molar-refractivity contribution >= 4 is 0 Å². The summed E-state index contributed by atoms with van der Waals surface area (Å²) in [6.45, 7) is 6.16. The van der Waals surface area contributed by atoms with Crippen LogP contribution in [0.1, 0.15) is 6.92 Å². The van der Waals surface area contributed by atoms with Crippen LogP contribution in [-0.4, -0.2) is 6.54 Å². The zero-order valence-corrected chi connectivity index (χ0v) is 5.80. The maximum Gasteiger partial charge on any atom is 0.0137 e. The number of hydrogen-bond donors (Lipinski definition) is 1. The minimum atomic E-state index is 0.626. The highest BCUT2D eigenvalue weighted by molar-refractivity contribution is 5.14. The van der Waals surface area contributed by atoms with Gasteiger partial charge >= 0.3 is 0 Å². The zero-order chi connectivity index (χ0) is 7.11. The monoisotopic (exact) mass is 123 g/mol. The second-order valence-corrected chi connectivity index (χ2v) is 1.84. The van der Waals surface area contributed by atoms with E-state index in [1.807, 2.05) is 25.2 Å². The van der Waals surface area contributed by atoms with E-state index >= 15 is 0 Å². The van der Waals surface area contributed by atoms with Crippen molar-refractivity contribution in [3.05, 3.63) is 36.5 Å². The normalized spacial score (nSPS) is 12.4. The molecule has 1 heteroatoms. The fourth-order valence-corrected chi connectivity index (χ4v) is 0.366.